The number of benzene rings is 2. The van der Waals surface area contributed by atoms with Crippen molar-refractivity contribution < 1.29 is 27.6 Å². The van der Waals surface area contributed by atoms with Crippen LogP contribution in [0.1, 0.15) is 30.9 Å². The molecule has 0 aliphatic carbocycles. The van der Waals surface area contributed by atoms with Gasteiger partial charge in [-0.25, -0.2) is 0 Å². The van der Waals surface area contributed by atoms with E-state index in [0.717, 1.165) is 5.56 Å². The van der Waals surface area contributed by atoms with Gasteiger partial charge in [0, 0.05) is 31.9 Å². The van der Waals surface area contributed by atoms with E-state index in [2.05, 4.69) is 5.32 Å². The minimum absolute atomic E-state index is 0.0281. The molecule has 9 heteroatoms. The topological polar surface area (TPSA) is 69.7 Å². The van der Waals surface area contributed by atoms with Crippen molar-refractivity contribution in [2.75, 3.05) is 25.0 Å². The van der Waals surface area contributed by atoms with Gasteiger partial charge in [-0.2, -0.15) is 13.2 Å². The highest BCUT2D eigenvalue weighted by Gasteiger charge is 2.41. The first-order chi connectivity index (χ1) is 16.2. The molecule has 1 atom stereocenters. The number of alkyl halides is 3. The summed E-state index contributed by atoms with van der Waals surface area (Å²) < 4.78 is 38.3. The predicted octanol–water partition coefficient (Wildman–Crippen LogP) is 4.02. The zero-order valence-corrected chi connectivity index (χ0v) is 19.0. The molecule has 0 bridgehead atoms. The van der Waals surface area contributed by atoms with Crippen molar-refractivity contribution in [3.8, 4) is 0 Å². The average Bonchev–Trinajstić information content (AvgIpc) is 2.82. The van der Waals surface area contributed by atoms with E-state index < -0.39 is 12.1 Å². The van der Waals surface area contributed by atoms with Crippen LogP contribution in [0, 0.1) is 5.92 Å². The second kappa shape index (κ2) is 11.2. The van der Waals surface area contributed by atoms with Gasteiger partial charge in [0.25, 0.3) is 0 Å². The number of carbonyl (C=O) groups is 3. The lowest BCUT2D eigenvalue weighted by molar-refractivity contribution is -0.185. The Bertz CT molecular complexity index is 1010. The van der Waals surface area contributed by atoms with Crippen LogP contribution >= 0.6 is 0 Å². The maximum Gasteiger partial charge on any atom is 0.471 e. The summed E-state index contributed by atoms with van der Waals surface area (Å²) in [4.78, 5) is 39.5. The average molecular weight is 476 g/mol. The van der Waals surface area contributed by atoms with Crippen LogP contribution in [0.25, 0.3) is 0 Å². The summed E-state index contributed by atoms with van der Waals surface area (Å²) in [5.74, 6) is -2.55. The largest absolute Gasteiger partial charge is 0.471 e. The summed E-state index contributed by atoms with van der Waals surface area (Å²) >= 11 is 0. The monoisotopic (exact) mass is 475 g/mol. The Hall–Kier alpha value is -3.36. The molecule has 0 saturated carbocycles. The number of nitrogens with one attached hydrogen (secondary N) is 1. The van der Waals surface area contributed by atoms with Crippen molar-refractivity contribution in [2.45, 2.75) is 38.9 Å². The van der Waals surface area contributed by atoms with E-state index in [9.17, 15) is 27.6 Å². The zero-order valence-electron chi connectivity index (χ0n) is 19.0. The third-order valence-electron chi connectivity index (χ3n) is 5.82. The van der Waals surface area contributed by atoms with Crippen LogP contribution in [-0.2, 0) is 27.3 Å². The van der Waals surface area contributed by atoms with E-state index >= 15 is 0 Å². The van der Waals surface area contributed by atoms with Crippen LogP contribution in [0.5, 0.6) is 0 Å². The maximum atomic E-state index is 12.9. The molecular weight excluding hydrogens is 447 g/mol. The highest BCUT2D eigenvalue weighted by Crippen LogP contribution is 2.23. The number of nitrogens with zero attached hydrogens (tertiary/aromatic N) is 2. The predicted molar refractivity (Wildman–Crippen MR) is 122 cm³/mol. The number of anilines is 1. The van der Waals surface area contributed by atoms with Crippen molar-refractivity contribution in [1.29, 1.82) is 0 Å². The maximum absolute atomic E-state index is 12.9. The van der Waals surface area contributed by atoms with E-state index in [0.29, 0.717) is 42.1 Å². The zero-order chi connectivity index (χ0) is 24.7. The van der Waals surface area contributed by atoms with Crippen LogP contribution in [0.15, 0.2) is 54.6 Å². The quantitative estimate of drug-likeness (QED) is 0.658. The third kappa shape index (κ3) is 6.82. The van der Waals surface area contributed by atoms with E-state index in [1.165, 1.54) is 6.92 Å². The fourth-order valence-electron chi connectivity index (χ4n) is 4.02. The van der Waals surface area contributed by atoms with Crippen LogP contribution in [-0.4, -0.2) is 53.3 Å². The Morgan fingerprint density at radius 1 is 1.06 bits per heavy atom. The fraction of sp³-hybridized carbons (Fsp3) is 0.400. The van der Waals surface area contributed by atoms with Crippen LogP contribution in [0.2, 0.25) is 0 Å². The summed E-state index contributed by atoms with van der Waals surface area (Å²) in [6.07, 6.45) is -3.30. The van der Waals surface area contributed by atoms with Gasteiger partial charge in [0.1, 0.15) is 0 Å². The molecule has 3 rings (SSSR count). The number of halogens is 3. The fourth-order valence-corrected chi connectivity index (χ4v) is 4.02. The van der Waals surface area contributed by atoms with Gasteiger partial charge in [0.05, 0.1) is 12.3 Å². The first kappa shape index (κ1) is 25.3. The van der Waals surface area contributed by atoms with Gasteiger partial charge in [0.2, 0.25) is 11.8 Å². The van der Waals surface area contributed by atoms with Gasteiger partial charge >= 0.3 is 12.1 Å². The molecular formula is C25H28F3N3O3. The molecule has 182 valence electrons. The Balaban J connectivity index is 1.59. The smallest absolute Gasteiger partial charge is 0.342 e. The van der Waals surface area contributed by atoms with Crippen molar-refractivity contribution in [3.05, 3.63) is 65.7 Å². The molecule has 3 amide bonds. The lowest BCUT2D eigenvalue weighted by Crippen LogP contribution is -2.44. The molecule has 0 spiro atoms. The summed E-state index contributed by atoms with van der Waals surface area (Å²) in [6.45, 7) is 2.09. The van der Waals surface area contributed by atoms with E-state index in [4.69, 9.17) is 0 Å². The molecule has 1 aliphatic heterocycles. The minimum atomic E-state index is -4.94. The number of hydrogen-bond donors (Lipinski definition) is 1. The van der Waals surface area contributed by atoms with Crippen LogP contribution < -0.4 is 5.32 Å². The summed E-state index contributed by atoms with van der Waals surface area (Å²) in [7, 11) is 0. The van der Waals surface area contributed by atoms with Gasteiger partial charge in [0.15, 0.2) is 0 Å². The van der Waals surface area contributed by atoms with E-state index in [-0.39, 0.29) is 37.2 Å². The summed E-state index contributed by atoms with van der Waals surface area (Å²) in [5, 5.41) is 2.81. The second-order valence-corrected chi connectivity index (χ2v) is 8.35. The molecule has 34 heavy (non-hydrogen) atoms. The number of rotatable bonds is 7. The number of piperidine rings is 1. The first-order valence-corrected chi connectivity index (χ1v) is 11.2. The molecule has 0 aromatic heterocycles. The summed E-state index contributed by atoms with van der Waals surface area (Å²) in [6, 6.07) is 15.8. The summed E-state index contributed by atoms with van der Waals surface area (Å²) in [5.41, 5.74) is 1.83. The molecule has 1 heterocycles. The van der Waals surface area contributed by atoms with E-state index in [1.807, 2.05) is 30.3 Å². The highest BCUT2D eigenvalue weighted by atomic mass is 19.4. The van der Waals surface area contributed by atoms with Gasteiger partial charge < -0.3 is 15.1 Å². The third-order valence-corrected chi connectivity index (χ3v) is 5.82. The number of hydrogen-bond acceptors (Lipinski definition) is 3. The standard InChI is InChI=1S/C25H28F3N3O3/c1-2-30(24(34)25(26,27)28)16-19-10-6-12-21(14-19)29-23(33)20-11-7-13-31(17-20)22(32)15-18-8-4-3-5-9-18/h3-6,8-10,12,14,20H,2,7,11,13,15-17H2,1H3,(H,29,33). The lowest BCUT2D eigenvalue weighted by atomic mass is 9.96. The Morgan fingerprint density at radius 2 is 1.76 bits per heavy atom. The van der Waals surface area contributed by atoms with E-state index in [1.54, 1.807) is 29.2 Å². The lowest BCUT2D eigenvalue weighted by Gasteiger charge is -2.32. The molecule has 1 saturated heterocycles. The molecule has 2 aromatic rings. The molecule has 6 nitrogen and oxygen atoms in total. The van der Waals surface area contributed by atoms with Crippen molar-refractivity contribution in [3.63, 3.8) is 0 Å². The Morgan fingerprint density at radius 3 is 2.44 bits per heavy atom. The van der Waals surface area contributed by atoms with Gasteiger partial charge in [-0.05, 0) is 43.0 Å². The Kier molecular flexibility index (Phi) is 8.31. The number of carbonyl (C=O) groups excluding carboxylic acids is 3. The molecule has 2 aromatic carbocycles. The van der Waals surface area contributed by atoms with Crippen molar-refractivity contribution in [2.24, 2.45) is 5.92 Å². The second-order valence-electron chi connectivity index (χ2n) is 8.35. The first-order valence-electron chi connectivity index (χ1n) is 11.2. The van der Waals surface area contributed by atoms with Gasteiger partial charge in [-0.3, -0.25) is 14.4 Å². The SMILES string of the molecule is CCN(Cc1cccc(NC(=O)C2CCCN(C(=O)Cc3ccccc3)C2)c1)C(=O)C(F)(F)F. The highest BCUT2D eigenvalue weighted by molar-refractivity contribution is 5.93. The molecule has 1 fully saturated rings. The van der Waals surface area contributed by atoms with Crippen LogP contribution in [0.4, 0.5) is 18.9 Å². The van der Waals surface area contributed by atoms with Crippen LogP contribution in [0.3, 0.4) is 0 Å². The molecule has 1 N–H and O–H groups in total. The number of amides is 3. The molecule has 1 unspecified atom stereocenters. The molecule has 1 aliphatic rings. The normalized spacial score (nSPS) is 16.1. The van der Waals surface area contributed by atoms with Gasteiger partial charge in [-0.1, -0.05) is 42.5 Å². The van der Waals surface area contributed by atoms with Gasteiger partial charge in [-0.15, -0.1) is 0 Å². The molecule has 0 radical (unpaired) electrons. The van der Waals surface area contributed by atoms with Crippen molar-refractivity contribution in [1.82, 2.24) is 9.80 Å². The minimum Gasteiger partial charge on any atom is -0.342 e. The van der Waals surface area contributed by atoms with Crippen molar-refractivity contribution >= 4 is 23.4 Å². The number of likely N-dealkylation sites (tertiary alicyclic amines) is 1. The Labute approximate surface area is 196 Å².